The van der Waals surface area contributed by atoms with E-state index in [9.17, 15) is 65.7 Å². The van der Waals surface area contributed by atoms with E-state index >= 15 is 0 Å². The average molecular weight is 545 g/mol. The van der Waals surface area contributed by atoms with Gasteiger partial charge in [-0.05, 0) is 12.8 Å². The highest BCUT2D eigenvalue weighted by atomic mass is 32.2. The maximum Gasteiger partial charge on any atom is 0.402 e. The third kappa shape index (κ3) is 8.16. The zero-order valence-corrected chi connectivity index (χ0v) is 17.7. The van der Waals surface area contributed by atoms with Crippen LogP contribution < -0.4 is 4.98 Å². The number of H-pyrrole nitrogens is 1. The van der Waals surface area contributed by atoms with Crippen molar-refractivity contribution in [2.45, 2.75) is 73.9 Å². The summed E-state index contributed by atoms with van der Waals surface area (Å²) in [4.78, 5) is 2.89. The maximum absolute atomic E-state index is 13.4. The molecule has 0 radical (unpaired) electrons. The number of rotatable bonds is 11. The molecule has 0 aliphatic rings. The van der Waals surface area contributed by atoms with Crippen molar-refractivity contribution in [2.24, 2.45) is 0 Å². The van der Waals surface area contributed by atoms with E-state index in [4.69, 9.17) is 0 Å². The molecule has 200 valence electrons. The molecule has 1 aromatic rings. The quantitative estimate of drug-likeness (QED) is 0.201. The van der Waals surface area contributed by atoms with Crippen LogP contribution in [0.25, 0.3) is 0 Å². The first-order valence-corrected chi connectivity index (χ1v) is 10.6. The van der Waals surface area contributed by atoms with Gasteiger partial charge in [-0.3, -0.25) is 0 Å². The summed E-state index contributed by atoms with van der Waals surface area (Å²) >= 11 is 0. The van der Waals surface area contributed by atoms with E-state index in [1.54, 1.807) is 0 Å². The van der Waals surface area contributed by atoms with Crippen LogP contribution in [0.3, 0.4) is 0 Å². The van der Waals surface area contributed by atoms with Crippen molar-refractivity contribution in [1.29, 1.82) is 0 Å². The van der Waals surface area contributed by atoms with Crippen LogP contribution in [0.5, 0.6) is 0 Å². The molecule has 0 amide bonds. The minimum atomic E-state index is -7.53. The Bertz CT molecular complexity index is 805. The number of alkyl halides is 12. The van der Waals surface area contributed by atoms with Crippen molar-refractivity contribution < 1.29 is 70.6 Å². The van der Waals surface area contributed by atoms with E-state index in [1.165, 1.54) is 0 Å². The van der Waals surface area contributed by atoms with Crippen molar-refractivity contribution in [3.8, 4) is 0 Å². The van der Waals surface area contributed by atoms with Crippen molar-refractivity contribution in [2.75, 3.05) is 0 Å². The van der Waals surface area contributed by atoms with E-state index in [2.05, 4.69) is 4.98 Å². The Balaban J connectivity index is 0.00000156. The fourth-order valence-corrected chi connectivity index (χ4v) is 2.71. The molecule has 1 rings (SSSR count). The molecule has 0 fully saturated rings. The van der Waals surface area contributed by atoms with Crippen molar-refractivity contribution in [3.05, 3.63) is 30.6 Å². The summed E-state index contributed by atoms with van der Waals surface area (Å²) in [5, 5.41) is -7.18. The van der Waals surface area contributed by atoms with Crippen molar-refractivity contribution in [1.82, 2.24) is 0 Å². The van der Waals surface area contributed by atoms with Gasteiger partial charge in [-0.25, -0.2) is 17.8 Å². The van der Waals surface area contributed by atoms with Crippen LogP contribution in [0.1, 0.15) is 38.5 Å². The van der Waals surface area contributed by atoms with E-state index < -0.39 is 77.6 Å². The van der Waals surface area contributed by atoms with Gasteiger partial charge in [0.1, 0.15) is 0 Å². The lowest BCUT2D eigenvalue weighted by Gasteiger charge is -2.38. The van der Waals surface area contributed by atoms with Gasteiger partial charge in [-0.1, -0.05) is 25.3 Å². The minimum Gasteiger partial charge on any atom is -0.743 e. The average Bonchev–Trinajstić information content (AvgIpc) is 2.70. The number of halogens is 12. The van der Waals surface area contributed by atoms with E-state index in [0.717, 1.165) is 0 Å². The Morgan fingerprint density at radius 2 is 1.21 bits per heavy atom. The molecule has 0 saturated heterocycles. The predicted molar refractivity (Wildman–Crippen MR) is 91.1 cm³/mol. The van der Waals surface area contributed by atoms with E-state index in [-0.39, 0.29) is 6.42 Å². The van der Waals surface area contributed by atoms with Crippen molar-refractivity contribution >= 4 is 10.1 Å². The second-order valence-electron chi connectivity index (χ2n) is 6.86. The smallest absolute Gasteiger partial charge is 0.402 e. The Morgan fingerprint density at radius 3 is 1.56 bits per heavy atom. The van der Waals surface area contributed by atoms with Gasteiger partial charge in [0, 0.05) is 18.6 Å². The second kappa shape index (κ2) is 11.8. The summed E-state index contributed by atoms with van der Waals surface area (Å²) in [5.74, 6) is -21.3. The lowest BCUT2D eigenvalue weighted by Crippen LogP contribution is -2.66. The fourth-order valence-electron chi connectivity index (χ4n) is 2.27. The van der Waals surface area contributed by atoms with Gasteiger partial charge < -0.3 is 4.55 Å². The SMILES string of the molecule is O=S(=O)([O-])C(F)(F)C(F)(F)C(F)(F)C(F)(F)C(F)CCCCCCC(F)(F)F.c1cc[nH+]cc1. The van der Waals surface area contributed by atoms with Crippen LogP contribution >= 0.6 is 0 Å². The molecule has 1 atom stereocenters. The minimum absolute atomic E-state index is 0.309. The van der Waals surface area contributed by atoms with E-state index in [0.29, 0.717) is 0 Å². The molecule has 1 aromatic heterocycles. The van der Waals surface area contributed by atoms with Crippen LogP contribution in [-0.4, -0.2) is 48.3 Å². The molecule has 0 spiro atoms. The molecule has 0 saturated carbocycles. The molecule has 0 aliphatic carbocycles. The molecular formula is C17H19F12NO3S. The van der Waals surface area contributed by atoms with Gasteiger partial charge in [0.2, 0.25) is 0 Å². The topological polar surface area (TPSA) is 71.3 Å². The Hall–Kier alpha value is -1.78. The first kappa shape index (κ1) is 32.2. The lowest BCUT2D eigenvalue weighted by atomic mass is 9.96. The van der Waals surface area contributed by atoms with Gasteiger partial charge in [0.25, 0.3) is 0 Å². The molecular weight excluding hydrogens is 526 g/mol. The molecule has 1 heterocycles. The predicted octanol–water partition coefficient (Wildman–Crippen LogP) is 5.77. The van der Waals surface area contributed by atoms with Crippen molar-refractivity contribution in [3.63, 3.8) is 0 Å². The zero-order chi connectivity index (χ0) is 27.1. The Kier molecular flexibility index (Phi) is 11.2. The van der Waals surface area contributed by atoms with Crippen LogP contribution in [0.15, 0.2) is 30.6 Å². The highest BCUT2D eigenvalue weighted by Crippen LogP contribution is 2.55. The normalized spacial score (nSPS) is 14.9. The molecule has 34 heavy (non-hydrogen) atoms. The van der Waals surface area contributed by atoms with Crippen LogP contribution in [-0.2, 0) is 10.1 Å². The number of pyridine rings is 1. The number of hydrogen-bond donors (Lipinski definition) is 0. The molecule has 0 aromatic carbocycles. The Morgan fingerprint density at radius 1 is 0.735 bits per heavy atom. The largest absolute Gasteiger partial charge is 0.743 e. The Labute approximate surface area is 186 Å². The number of nitrogens with one attached hydrogen (secondary N) is 1. The molecule has 1 N–H and O–H groups in total. The number of unbranched alkanes of at least 4 members (excludes halogenated alkanes) is 3. The summed E-state index contributed by atoms with van der Waals surface area (Å²) in [6.45, 7) is 0. The number of hydrogen-bond acceptors (Lipinski definition) is 3. The monoisotopic (exact) mass is 545 g/mol. The molecule has 4 nitrogen and oxygen atoms in total. The standard InChI is InChI=1S/C12H14F12O3S.C5H5N/c13-7(5-3-1-2-4-6-8(14,15)16)9(17,18)10(19,20)11(21,22)12(23,24)28(25,26)27;1-2-4-6-5-3-1/h7H,1-6H2,(H,25,26,27);1-5H. The van der Waals surface area contributed by atoms with Gasteiger partial charge in [-0.15, -0.1) is 0 Å². The summed E-state index contributed by atoms with van der Waals surface area (Å²) in [5.41, 5.74) is 0. The highest BCUT2D eigenvalue weighted by molar-refractivity contribution is 7.86. The van der Waals surface area contributed by atoms with Crippen LogP contribution in [0, 0.1) is 0 Å². The third-order valence-corrected chi connectivity index (χ3v) is 5.05. The summed E-state index contributed by atoms with van der Waals surface area (Å²) < 4.78 is 184. The number of aromatic nitrogens is 1. The van der Waals surface area contributed by atoms with Gasteiger partial charge in [0.15, 0.2) is 28.7 Å². The van der Waals surface area contributed by atoms with Gasteiger partial charge in [0.05, 0.1) is 0 Å². The second-order valence-corrected chi connectivity index (χ2v) is 8.28. The lowest BCUT2D eigenvalue weighted by molar-refractivity contribution is -0.377. The molecule has 0 bridgehead atoms. The summed E-state index contributed by atoms with van der Waals surface area (Å²) in [6, 6.07) is 5.86. The van der Waals surface area contributed by atoms with E-state index in [1.807, 2.05) is 30.6 Å². The maximum atomic E-state index is 13.4. The summed E-state index contributed by atoms with van der Waals surface area (Å²) in [6.07, 6.45) is -9.87. The third-order valence-electron chi connectivity index (χ3n) is 4.16. The zero-order valence-electron chi connectivity index (χ0n) is 16.9. The molecule has 0 aliphatic heterocycles. The summed E-state index contributed by atoms with van der Waals surface area (Å²) in [7, 11) is -7.53. The van der Waals surface area contributed by atoms with Crippen LogP contribution in [0.2, 0.25) is 0 Å². The highest BCUT2D eigenvalue weighted by Gasteiger charge is 2.84. The van der Waals surface area contributed by atoms with Crippen LogP contribution in [0.4, 0.5) is 52.7 Å². The molecule has 17 heteroatoms. The molecule has 1 unspecified atom stereocenters. The van der Waals surface area contributed by atoms with Gasteiger partial charge in [-0.2, -0.15) is 48.3 Å². The van der Waals surface area contributed by atoms with Gasteiger partial charge >= 0.3 is 29.2 Å². The number of aromatic amines is 1. The first-order valence-electron chi connectivity index (χ1n) is 9.21. The first-order chi connectivity index (χ1) is 15.1. The fraction of sp³-hybridized carbons (Fsp3) is 0.706.